The molecule has 0 N–H and O–H groups in total. The van der Waals surface area contributed by atoms with Crippen LogP contribution in [-0.2, 0) is 17.3 Å². The van der Waals surface area contributed by atoms with Gasteiger partial charge < -0.3 is 0 Å². The molecule has 0 amide bonds. The molecule has 17 heavy (non-hydrogen) atoms. The van der Waals surface area contributed by atoms with Gasteiger partial charge in [-0.3, -0.25) is 13.3 Å². The zero-order chi connectivity index (χ0) is 12.3. The van der Waals surface area contributed by atoms with Crippen molar-refractivity contribution in [3.63, 3.8) is 0 Å². The molecule has 0 aliphatic heterocycles. The molecule has 0 fully saturated rings. The monoisotopic (exact) mass is 252 g/mol. The third-order valence-corrected chi connectivity index (χ3v) is 3.72. The summed E-state index contributed by atoms with van der Waals surface area (Å²) in [5, 5.41) is 3.54. The first-order valence-corrected chi connectivity index (χ1v) is 6.47. The maximum atomic E-state index is 11.9. The van der Waals surface area contributed by atoms with Gasteiger partial charge in [-0.1, -0.05) is 23.4 Å². The third kappa shape index (κ3) is 2.71. The number of hydrogen-bond acceptors (Lipinski definition) is 4. The Balaban J connectivity index is 2.05. The second kappa shape index (κ2) is 5.09. The maximum Gasteiger partial charge on any atom is 0.441 e. The molecule has 1 heterocycles. The molecule has 0 saturated carbocycles. The molecule has 0 saturated heterocycles. The van der Waals surface area contributed by atoms with E-state index in [1.807, 2.05) is 18.2 Å². The van der Waals surface area contributed by atoms with Crippen molar-refractivity contribution in [1.82, 2.24) is 9.72 Å². The standard InChI is InChI=1S/C11H12N2O3S/c1-9-12-16-11(14)13(9)7-8-17(15)10-5-3-2-4-6-10/h2-6H,7-8H2,1H3. The lowest BCUT2D eigenvalue weighted by Crippen LogP contribution is -2.19. The molecule has 0 aliphatic carbocycles. The minimum Gasteiger partial charge on any atom is -0.296 e. The number of benzene rings is 1. The first kappa shape index (κ1) is 11.8. The predicted molar refractivity (Wildman–Crippen MR) is 63.2 cm³/mol. The highest BCUT2D eigenvalue weighted by molar-refractivity contribution is 7.85. The Bertz CT molecular complexity index is 574. The maximum absolute atomic E-state index is 11.9. The Kier molecular flexibility index (Phi) is 3.53. The van der Waals surface area contributed by atoms with Gasteiger partial charge in [-0.2, -0.15) is 0 Å². The van der Waals surface area contributed by atoms with E-state index in [1.165, 1.54) is 4.57 Å². The van der Waals surface area contributed by atoms with Gasteiger partial charge >= 0.3 is 5.76 Å². The van der Waals surface area contributed by atoms with Crippen molar-refractivity contribution in [3.8, 4) is 0 Å². The van der Waals surface area contributed by atoms with Crippen molar-refractivity contribution in [2.75, 3.05) is 5.75 Å². The van der Waals surface area contributed by atoms with E-state index in [-0.39, 0.29) is 0 Å². The Morgan fingerprint density at radius 3 is 2.65 bits per heavy atom. The lowest BCUT2D eigenvalue weighted by Gasteiger charge is -2.02. The normalized spacial score (nSPS) is 12.5. The second-order valence-corrected chi connectivity index (χ2v) is 5.08. The largest absolute Gasteiger partial charge is 0.441 e. The fraction of sp³-hybridized carbons (Fsp3) is 0.273. The highest BCUT2D eigenvalue weighted by Crippen LogP contribution is 2.05. The summed E-state index contributed by atoms with van der Waals surface area (Å²) in [6, 6.07) is 9.15. The Morgan fingerprint density at radius 1 is 1.35 bits per heavy atom. The smallest absolute Gasteiger partial charge is 0.296 e. The zero-order valence-corrected chi connectivity index (χ0v) is 10.1. The lowest BCUT2D eigenvalue weighted by molar-refractivity contribution is 0.375. The molecular weight excluding hydrogens is 240 g/mol. The van der Waals surface area contributed by atoms with Crippen LogP contribution in [0.15, 0.2) is 44.5 Å². The Hall–Kier alpha value is -1.69. The van der Waals surface area contributed by atoms with E-state index in [0.29, 0.717) is 18.1 Å². The molecular formula is C11H12N2O3S. The third-order valence-electron chi connectivity index (χ3n) is 2.37. The van der Waals surface area contributed by atoms with E-state index < -0.39 is 16.6 Å². The van der Waals surface area contributed by atoms with Crippen LogP contribution < -0.4 is 5.76 Å². The minimum absolute atomic E-state index is 0.343. The number of aromatic nitrogens is 2. The molecule has 0 bridgehead atoms. The average molecular weight is 252 g/mol. The molecule has 1 aromatic carbocycles. The Morgan fingerprint density at radius 2 is 2.06 bits per heavy atom. The van der Waals surface area contributed by atoms with Crippen LogP contribution >= 0.6 is 0 Å². The fourth-order valence-electron chi connectivity index (χ4n) is 1.45. The second-order valence-electron chi connectivity index (χ2n) is 3.51. The van der Waals surface area contributed by atoms with Crippen LogP contribution in [0.25, 0.3) is 0 Å². The van der Waals surface area contributed by atoms with Gasteiger partial charge in [0.1, 0.15) is 0 Å². The van der Waals surface area contributed by atoms with Crippen LogP contribution in [0.3, 0.4) is 0 Å². The fourth-order valence-corrected chi connectivity index (χ4v) is 2.50. The molecule has 2 rings (SSSR count). The first-order valence-electron chi connectivity index (χ1n) is 5.15. The van der Waals surface area contributed by atoms with Gasteiger partial charge in [0.05, 0.1) is 10.8 Å². The van der Waals surface area contributed by atoms with E-state index >= 15 is 0 Å². The quantitative estimate of drug-likeness (QED) is 0.812. The van der Waals surface area contributed by atoms with Crippen LogP contribution in [0.5, 0.6) is 0 Å². The van der Waals surface area contributed by atoms with Crippen molar-refractivity contribution in [3.05, 3.63) is 46.7 Å². The van der Waals surface area contributed by atoms with Crippen molar-refractivity contribution >= 4 is 10.8 Å². The van der Waals surface area contributed by atoms with Gasteiger partial charge in [0.25, 0.3) is 0 Å². The molecule has 6 heteroatoms. The summed E-state index contributed by atoms with van der Waals surface area (Å²) in [6.45, 7) is 2.02. The number of aryl methyl sites for hydroxylation is 1. The molecule has 5 nitrogen and oxygen atoms in total. The van der Waals surface area contributed by atoms with E-state index in [0.717, 1.165) is 4.90 Å². The van der Waals surface area contributed by atoms with Gasteiger partial charge in [-0.05, 0) is 19.1 Å². The topological polar surface area (TPSA) is 65.1 Å². The molecule has 2 aromatic rings. The van der Waals surface area contributed by atoms with Gasteiger partial charge in [-0.25, -0.2) is 4.79 Å². The van der Waals surface area contributed by atoms with Crippen LogP contribution in [0.1, 0.15) is 5.82 Å². The first-order chi connectivity index (χ1) is 8.18. The van der Waals surface area contributed by atoms with Crippen LogP contribution in [-0.4, -0.2) is 19.7 Å². The van der Waals surface area contributed by atoms with E-state index in [4.69, 9.17) is 0 Å². The lowest BCUT2D eigenvalue weighted by atomic mass is 10.4. The van der Waals surface area contributed by atoms with E-state index in [1.54, 1.807) is 19.1 Å². The van der Waals surface area contributed by atoms with Crippen molar-refractivity contribution < 1.29 is 8.73 Å². The predicted octanol–water partition coefficient (Wildman–Crippen LogP) is 0.953. The van der Waals surface area contributed by atoms with Crippen molar-refractivity contribution in [2.45, 2.75) is 18.4 Å². The van der Waals surface area contributed by atoms with Crippen LogP contribution in [0.4, 0.5) is 0 Å². The van der Waals surface area contributed by atoms with E-state index in [9.17, 15) is 9.00 Å². The van der Waals surface area contributed by atoms with Crippen molar-refractivity contribution in [1.29, 1.82) is 0 Å². The number of hydrogen-bond donors (Lipinski definition) is 0. The summed E-state index contributed by atoms with van der Waals surface area (Å²) in [6.07, 6.45) is 0. The summed E-state index contributed by atoms with van der Waals surface area (Å²) in [7, 11) is -1.11. The summed E-state index contributed by atoms with van der Waals surface area (Å²) in [4.78, 5) is 12.0. The van der Waals surface area contributed by atoms with Gasteiger partial charge in [0.15, 0.2) is 5.82 Å². The van der Waals surface area contributed by atoms with Gasteiger partial charge in [0, 0.05) is 17.2 Å². The molecule has 0 radical (unpaired) electrons. The number of rotatable bonds is 4. The van der Waals surface area contributed by atoms with Crippen molar-refractivity contribution in [2.24, 2.45) is 0 Å². The highest BCUT2D eigenvalue weighted by atomic mass is 32.2. The SMILES string of the molecule is Cc1noc(=O)n1CCS(=O)c1ccccc1. The number of nitrogens with zero attached hydrogens (tertiary/aromatic N) is 2. The summed E-state index contributed by atoms with van der Waals surface area (Å²) in [5.74, 6) is 0.360. The average Bonchev–Trinajstić information content (AvgIpc) is 2.67. The van der Waals surface area contributed by atoms with Gasteiger partial charge in [-0.15, -0.1) is 0 Å². The molecule has 1 unspecified atom stereocenters. The zero-order valence-electron chi connectivity index (χ0n) is 9.33. The minimum atomic E-state index is -1.11. The van der Waals surface area contributed by atoms with Crippen LogP contribution in [0, 0.1) is 6.92 Å². The summed E-state index contributed by atoms with van der Waals surface area (Å²) < 4.78 is 17.8. The molecule has 1 atom stereocenters. The van der Waals surface area contributed by atoms with Crippen LogP contribution in [0.2, 0.25) is 0 Å². The molecule has 1 aromatic heterocycles. The molecule has 0 aliphatic rings. The Labute approximate surface area is 101 Å². The molecule has 0 spiro atoms. The molecule has 90 valence electrons. The van der Waals surface area contributed by atoms with E-state index in [2.05, 4.69) is 9.68 Å². The summed E-state index contributed by atoms with van der Waals surface area (Å²) >= 11 is 0. The highest BCUT2D eigenvalue weighted by Gasteiger charge is 2.08. The summed E-state index contributed by atoms with van der Waals surface area (Å²) in [5.41, 5.74) is 0. The van der Waals surface area contributed by atoms with Gasteiger partial charge in [0.2, 0.25) is 0 Å².